The third-order valence-corrected chi connectivity index (χ3v) is 4.03. The quantitative estimate of drug-likeness (QED) is 0.631. The Morgan fingerprint density at radius 3 is 2.63 bits per heavy atom. The van der Waals surface area contributed by atoms with E-state index in [0.717, 1.165) is 0 Å². The van der Waals surface area contributed by atoms with Gasteiger partial charge in [0.15, 0.2) is 0 Å². The van der Waals surface area contributed by atoms with Crippen molar-refractivity contribution in [2.75, 3.05) is 5.32 Å². The molecule has 134 valence electrons. The van der Waals surface area contributed by atoms with Gasteiger partial charge in [0.1, 0.15) is 17.3 Å². The van der Waals surface area contributed by atoms with Gasteiger partial charge in [-0.05, 0) is 67.1 Å². The van der Waals surface area contributed by atoms with Crippen LogP contribution in [0.25, 0.3) is 0 Å². The van der Waals surface area contributed by atoms with Crippen molar-refractivity contribution in [3.63, 3.8) is 0 Å². The first kappa shape index (κ1) is 18.4. The van der Waals surface area contributed by atoms with Gasteiger partial charge in [0.25, 0.3) is 5.91 Å². The van der Waals surface area contributed by atoms with Crippen molar-refractivity contribution in [3.8, 4) is 17.6 Å². The minimum atomic E-state index is -0.442. The molecule has 3 aromatic rings. The number of amides is 1. The Kier molecular flexibility index (Phi) is 5.39. The number of benzene rings is 3. The Balaban J connectivity index is 1.91. The third-order valence-electron chi connectivity index (χ3n) is 3.79. The Labute approximate surface area is 160 Å². The van der Waals surface area contributed by atoms with Crippen LogP contribution < -0.4 is 10.1 Å². The van der Waals surface area contributed by atoms with Gasteiger partial charge >= 0.3 is 0 Å². The van der Waals surface area contributed by atoms with E-state index in [2.05, 4.69) is 5.32 Å². The van der Waals surface area contributed by atoms with Crippen LogP contribution >= 0.6 is 11.6 Å². The molecule has 0 aliphatic rings. The maximum absolute atomic E-state index is 13.3. The number of hydrogen-bond acceptors (Lipinski definition) is 3. The Morgan fingerprint density at radius 2 is 1.89 bits per heavy atom. The van der Waals surface area contributed by atoms with Gasteiger partial charge < -0.3 is 10.1 Å². The fraction of sp³-hybridized carbons (Fsp3) is 0.0476. The minimum absolute atomic E-state index is 0.216. The third kappa shape index (κ3) is 4.43. The molecule has 3 aromatic carbocycles. The highest BCUT2D eigenvalue weighted by atomic mass is 35.5. The number of nitrogens with one attached hydrogen (secondary N) is 1. The average molecular weight is 381 g/mol. The van der Waals surface area contributed by atoms with Crippen LogP contribution in [0.2, 0.25) is 5.02 Å². The number of ether oxygens (including phenoxy) is 1. The molecule has 0 saturated carbocycles. The van der Waals surface area contributed by atoms with E-state index < -0.39 is 5.91 Å². The minimum Gasteiger partial charge on any atom is -0.456 e. The molecule has 27 heavy (non-hydrogen) atoms. The number of hydrogen-bond donors (Lipinski definition) is 1. The van der Waals surface area contributed by atoms with Crippen LogP contribution in [0.3, 0.4) is 0 Å². The molecule has 6 heteroatoms. The van der Waals surface area contributed by atoms with E-state index in [1.807, 2.05) is 6.07 Å². The van der Waals surface area contributed by atoms with E-state index in [-0.39, 0.29) is 17.1 Å². The fourth-order valence-electron chi connectivity index (χ4n) is 2.48. The normalized spacial score (nSPS) is 10.1. The topological polar surface area (TPSA) is 62.1 Å². The molecule has 0 bridgehead atoms. The second kappa shape index (κ2) is 7.90. The summed E-state index contributed by atoms with van der Waals surface area (Å²) in [7, 11) is 0. The highest BCUT2D eigenvalue weighted by molar-refractivity contribution is 6.31. The Bertz CT molecular complexity index is 1060. The van der Waals surface area contributed by atoms with Gasteiger partial charge in [0.2, 0.25) is 0 Å². The molecule has 1 N–H and O–H groups in total. The maximum atomic E-state index is 13.3. The standard InChI is InChI=1S/C21H14ClFN2O2/c1-13-9-16(23)6-8-19(13)27-20-7-5-15(22)11-18(20)21(26)25-17-4-2-3-14(10-17)12-24/h2-11H,1H3,(H,25,26). The van der Waals surface area contributed by atoms with Gasteiger partial charge in [-0.2, -0.15) is 5.26 Å². The summed E-state index contributed by atoms with van der Waals surface area (Å²) in [6.45, 7) is 1.71. The summed E-state index contributed by atoms with van der Waals surface area (Å²) in [4.78, 5) is 12.7. The molecular weight excluding hydrogens is 367 g/mol. The molecule has 0 atom stereocenters. The SMILES string of the molecule is Cc1cc(F)ccc1Oc1ccc(Cl)cc1C(=O)Nc1cccc(C#N)c1. The van der Waals surface area contributed by atoms with Crippen molar-refractivity contribution in [1.82, 2.24) is 0 Å². The number of aryl methyl sites for hydroxylation is 1. The second-order valence-corrected chi connectivity index (χ2v) is 6.24. The van der Waals surface area contributed by atoms with Crippen molar-refractivity contribution < 1.29 is 13.9 Å². The van der Waals surface area contributed by atoms with Crippen LogP contribution in [-0.4, -0.2) is 5.91 Å². The van der Waals surface area contributed by atoms with Crippen molar-refractivity contribution in [3.05, 3.63) is 88.2 Å². The van der Waals surface area contributed by atoms with Crippen molar-refractivity contribution in [1.29, 1.82) is 5.26 Å². The van der Waals surface area contributed by atoms with Crippen molar-refractivity contribution in [2.24, 2.45) is 0 Å². The lowest BCUT2D eigenvalue weighted by atomic mass is 10.1. The predicted molar refractivity (Wildman–Crippen MR) is 102 cm³/mol. The first-order chi connectivity index (χ1) is 13.0. The number of nitrogens with zero attached hydrogens (tertiary/aromatic N) is 1. The van der Waals surface area contributed by atoms with Gasteiger partial charge in [0, 0.05) is 10.7 Å². The first-order valence-corrected chi connectivity index (χ1v) is 8.39. The fourth-order valence-corrected chi connectivity index (χ4v) is 2.65. The van der Waals surface area contributed by atoms with Gasteiger partial charge in [-0.3, -0.25) is 4.79 Å². The van der Waals surface area contributed by atoms with Gasteiger partial charge in [-0.25, -0.2) is 4.39 Å². The number of rotatable bonds is 4. The van der Waals surface area contributed by atoms with Gasteiger partial charge in [-0.15, -0.1) is 0 Å². The number of nitriles is 1. The van der Waals surface area contributed by atoms with Crippen LogP contribution in [0.5, 0.6) is 11.5 Å². The van der Waals surface area contributed by atoms with Crippen LogP contribution in [0, 0.1) is 24.1 Å². The molecule has 0 aliphatic carbocycles. The molecule has 3 rings (SSSR count). The molecule has 0 unspecified atom stereocenters. The van der Waals surface area contributed by atoms with E-state index in [0.29, 0.717) is 27.6 Å². The van der Waals surface area contributed by atoms with Gasteiger partial charge in [0.05, 0.1) is 17.2 Å². The molecule has 0 aliphatic heterocycles. The molecule has 0 radical (unpaired) electrons. The smallest absolute Gasteiger partial charge is 0.259 e. The molecule has 0 saturated heterocycles. The number of anilines is 1. The van der Waals surface area contributed by atoms with Crippen LogP contribution in [0.4, 0.5) is 10.1 Å². The molecular formula is C21H14ClFN2O2. The lowest BCUT2D eigenvalue weighted by Crippen LogP contribution is -2.13. The summed E-state index contributed by atoms with van der Waals surface area (Å²) in [5, 5.41) is 12.1. The second-order valence-electron chi connectivity index (χ2n) is 5.80. The number of halogens is 2. The number of carbonyl (C=O) groups excluding carboxylic acids is 1. The molecule has 4 nitrogen and oxygen atoms in total. The lowest BCUT2D eigenvalue weighted by molar-refractivity contribution is 0.102. The molecule has 1 amide bonds. The zero-order valence-corrected chi connectivity index (χ0v) is 15.0. The van der Waals surface area contributed by atoms with E-state index in [4.69, 9.17) is 21.6 Å². The summed E-state index contributed by atoms with van der Waals surface area (Å²) < 4.78 is 19.1. The van der Waals surface area contributed by atoms with Crippen molar-refractivity contribution in [2.45, 2.75) is 6.92 Å². The summed E-state index contributed by atoms with van der Waals surface area (Å²) in [5.41, 5.74) is 1.71. The van der Waals surface area contributed by atoms with Crippen LogP contribution in [0.1, 0.15) is 21.5 Å². The number of carbonyl (C=O) groups is 1. The van der Waals surface area contributed by atoms with Crippen LogP contribution in [-0.2, 0) is 0 Å². The van der Waals surface area contributed by atoms with E-state index >= 15 is 0 Å². The van der Waals surface area contributed by atoms with E-state index in [1.165, 1.54) is 24.3 Å². The zero-order chi connectivity index (χ0) is 19.4. The summed E-state index contributed by atoms with van der Waals surface area (Å²) >= 11 is 6.04. The zero-order valence-electron chi connectivity index (χ0n) is 14.3. The molecule has 0 fully saturated rings. The summed E-state index contributed by atoms with van der Waals surface area (Å²) in [6, 6.07) is 17.4. The van der Waals surface area contributed by atoms with Crippen molar-refractivity contribution >= 4 is 23.2 Å². The van der Waals surface area contributed by atoms with Gasteiger partial charge in [-0.1, -0.05) is 17.7 Å². The largest absolute Gasteiger partial charge is 0.456 e. The Hall–Kier alpha value is -3.36. The highest BCUT2D eigenvalue weighted by Crippen LogP contribution is 2.31. The lowest BCUT2D eigenvalue weighted by Gasteiger charge is -2.13. The Morgan fingerprint density at radius 1 is 1.11 bits per heavy atom. The van der Waals surface area contributed by atoms with E-state index in [1.54, 1.807) is 43.3 Å². The monoisotopic (exact) mass is 380 g/mol. The summed E-state index contributed by atoms with van der Waals surface area (Å²) in [6.07, 6.45) is 0. The average Bonchev–Trinajstić information content (AvgIpc) is 2.65. The molecule has 0 spiro atoms. The highest BCUT2D eigenvalue weighted by Gasteiger charge is 2.16. The maximum Gasteiger partial charge on any atom is 0.259 e. The van der Waals surface area contributed by atoms with Crippen LogP contribution in [0.15, 0.2) is 60.7 Å². The summed E-state index contributed by atoms with van der Waals surface area (Å²) in [5.74, 6) is -0.101. The van der Waals surface area contributed by atoms with E-state index in [9.17, 15) is 9.18 Å². The molecule has 0 heterocycles. The predicted octanol–water partition coefficient (Wildman–Crippen LogP) is 5.70. The first-order valence-electron chi connectivity index (χ1n) is 8.01. The molecule has 0 aromatic heterocycles.